The Kier molecular flexibility index (Phi) is 4.20. The van der Waals surface area contributed by atoms with E-state index < -0.39 is 5.91 Å². The Morgan fingerprint density at radius 3 is 2.35 bits per heavy atom. The first-order chi connectivity index (χ1) is 9.56. The van der Waals surface area contributed by atoms with E-state index in [1.54, 1.807) is 0 Å². The summed E-state index contributed by atoms with van der Waals surface area (Å²) >= 11 is 0. The third-order valence-corrected chi connectivity index (χ3v) is 2.92. The summed E-state index contributed by atoms with van der Waals surface area (Å²) in [6, 6.07) is 14.1. The molecular formula is C17H17NO2. The summed E-state index contributed by atoms with van der Waals surface area (Å²) in [7, 11) is 0. The van der Waals surface area contributed by atoms with Crippen LogP contribution in [0.5, 0.6) is 5.75 Å². The summed E-state index contributed by atoms with van der Waals surface area (Å²) < 4.78 is 5.51. The summed E-state index contributed by atoms with van der Waals surface area (Å²) in [5.41, 5.74) is 9.45. The van der Waals surface area contributed by atoms with Crippen molar-refractivity contribution >= 4 is 5.91 Å². The van der Waals surface area contributed by atoms with Gasteiger partial charge in [-0.25, -0.2) is 0 Å². The molecule has 0 spiro atoms. The van der Waals surface area contributed by atoms with Crippen LogP contribution in [-0.2, 0) is 4.79 Å². The first-order valence-corrected chi connectivity index (χ1v) is 6.36. The molecule has 0 atom stereocenters. The van der Waals surface area contributed by atoms with Gasteiger partial charge in [-0.3, -0.25) is 4.79 Å². The Labute approximate surface area is 118 Å². The number of aryl methyl sites for hydroxylation is 2. The van der Waals surface area contributed by atoms with Gasteiger partial charge in [0.15, 0.2) is 0 Å². The number of rotatable bonds is 4. The second-order valence-electron chi connectivity index (χ2n) is 4.69. The van der Waals surface area contributed by atoms with Crippen LogP contribution in [0.1, 0.15) is 11.1 Å². The number of amides is 1. The second-order valence-corrected chi connectivity index (χ2v) is 4.69. The molecule has 3 nitrogen and oxygen atoms in total. The molecule has 0 aliphatic heterocycles. The minimum atomic E-state index is -0.533. The van der Waals surface area contributed by atoms with Gasteiger partial charge in [0.05, 0.1) is 6.26 Å². The molecule has 0 unspecified atom stereocenters. The van der Waals surface area contributed by atoms with Crippen molar-refractivity contribution in [3.05, 3.63) is 65.9 Å². The molecule has 2 N–H and O–H groups in total. The first kappa shape index (κ1) is 13.9. The quantitative estimate of drug-likeness (QED) is 0.682. The molecule has 2 aromatic carbocycles. The molecule has 0 aliphatic rings. The normalized spacial score (nSPS) is 10.7. The van der Waals surface area contributed by atoms with Crippen molar-refractivity contribution in [1.82, 2.24) is 0 Å². The molecule has 0 saturated carbocycles. The number of benzene rings is 2. The first-order valence-electron chi connectivity index (χ1n) is 6.36. The van der Waals surface area contributed by atoms with E-state index in [0.717, 1.165) is 16.7 Å². The van der Waals surface area contributed by atoms with Gasteiger partial charge in [0, 0.05) is 11.6 Å². The summed E-state index contributed by atoms with van der Waals surface area (Å²) in [5, 5.41) is 0. The van der Waals surface area contributed by atoms with Gasteiger partial charge in [-0.2, -0.15) is 0 Å². The van der Waals surface area contributed by atoms with E-state index in [0.29, 0.717) is 5.75 Å². The Morgan fingerprint density at radius 1 is 1.05 bits per heavy atom. The lowest BCUT2D eigenvalue weighted by molar-refractivity contribution is -0.113. The number of carbonyl (C=O) groups excluding carboxylic acids is 1. The van der Waals surface area contributed by atoms with Gasteiger partial charge in [-0.05, 0) is 31.5 Å². The van der Waals surface area contributed by atoms with E-state index in [-0.39, 0.29) is 0 Å². The largest absolute Gasteiger partial charge is 0.464 e. The molecular weight excluding hydrogens is 250 g/mol. The maximum Gasteiger partial charge on any atom is 0.244 e. The van der Waals surface area contributed by atoms with Crippen LogP contribution in [0.2, 0.25) is 0 Å². The standard InChI is InChI=1S/C17H17NO2/c1-12-3-6-14(7-4-12)15-11-13(2)5-8-16(15)20-10-9-17(18)19/h3-11H,1-2H3,(H2,18,19)/b10-9+. The number of primary amides is 1. The fourth-order valence-corrected chi connectivity index (χ4v) is 1.88. The van der Waals surface area contributed by atoms with E-state index in [1.165, 1.54) is 17.9 Å². The van der Waals surface area contributed by atoms with Crippen molar-refractivity contribution in [2.45, 2.75) is 13.8 Å². The average molecular weight is 267 g/mol. The van der Waals surface area contributed by atoms with Gasteiger partial charge < -0.3 is 10.5 Å². The Bertz CT molecular complexity index is 643. The van der Waals surface area contributed by atoms with Crippen molar-refractivity contribution in [3.63, 3.8) is 0 Å². The number of ether oxygens (including phenoxy) is 1. The van der Waals surface area contributed by atoms with Crippen molar-refractivity contribution in [2.24, 2.45) is 5.73 Å². The van der Waals surface area contributed by atoms with Gasteiger partial charge in [0.2, 0.25) is 5.91 Å². The topological polar surface area (TPSA) is 52.3 Å². The van der Waals surface area contributed by atoms with Crippen LogP contribution >= 0.6 is 0 Å². The molecule has 0 heterocycles. The van der Waals surface area contributed by atoms with Crippen LogP contribution in [0.3, 0.4) is 0 Å². The van der Waals surface area contributed by atoms with Crippen molar-refractivity contribution in [2.75, 3.05) is 0 Å². The van der Waals surface area contributed by atoms with E-state index in [2.05, 4.69) is 30.3 Å². The highest BCUT2D eigenvalue weighted by atomic mass is 16.5. The number of nitrogens with two attached hydrogens (primary N) is 1. The van der Waals surface area contributed by atoms with Crippen LogP contribution in [0.25, 0.3) is 11.1 Å². The van der Waals surface area contributed by atoms with Crippen LogP contribution in [0.4, 0.5) is 0 Å². The molecule has 1 amide bonds. The molecule has 3 heteroatoms. The predicted molar refractivity (Wildman–Crippen MR) is 80.3 cm³/mol. The fraction of sp³-hybridized carbons (Fsp3) is 0.118. The molecule has 0 fully saturated rings. The van der Waals surface area contributed by atoms with Crippen LogP contribution in [0.15, 0.2) is 54.8 Å². The highest BCUT2D eigenvalue weighted by Gasteiger charge is 2.06. The Hall–Kier alpha value is -2.55. The van der Waals surface area contributed by atoms with Gasteiger partial charge in [0.1, 0.15) is 5.75 Å². The average Bonchev–Trinajstić information content (AvgIpc) is 2.41. The molecule has 2 aromatic rings. The molecule has 20 heavy (non-hydrogen) atoms. The maximum absolute atomic E-state index is 10.7. The van der Waals surface area contributed by atoms with E-state index in [9.17, 15) is 4.79 Å². The lowest BCUT2D eigenvalue weighted by Gasteiger charge is -2.10. The number of carbonyl (C=O) groups is 1. The monoisotopic (exact) mass is 267 g/mol. The molecule has 102 valence electrons. The van der Waals surface area contributed by atoms with Gasteiger partial charge >= 0.3 is 0 Å². The van der Waals surface area contributed by atoms with Crippen molar-refractivity contribution in [1.29, 1.82) is 0 Å². The van der Waals surface area contributed by atoms with Crippen molar-refractivity contribution < 1.29 is 9.53 Å². The van der Waals surface area contributed by atoms with E-state index >= 15 is 0 Å². The molecule has 0 bridgehead atoms. The minimum Gasteiger partial charge on any atom is -0.464 e. The summed E-state index contributed by atoms with van der Waals surface area (Å²) in [4.78, 5) is 10.7. The lowest BCUT2D eigenvalue weighted by Crippen LogP contribution is -2.06. The fourth-order valence-electron chi connectivity index (χ4n) is 1.88. The number of hydrogen-bond acceptors (Lipinski definition) is 2. The zero-order valence-electron chi connectivity index (χ0n) is 11.6. The van der Waals surface area contributed by atoms with Crippen molar-refractivity contribution in [3.8, 4) is 16.9 Å². The molecule has 0 aromatic heterocycles. The Balaban J connectivity index is 2.37. The Morgan fingerprint density at radius 2 is 1.70 bits per heavy atom. The minimum absolute atomic E-state index is 0.533. The summed E-state index contributed by atoms with van der Waals surface area (Å²) in [6.07, 6.45) is 2.50. The maximum atomic E-state index is 10.7. The summed E-state index contributed by atoms with van der Waals surface area (Å²) in [6.45, 7) is 4.08. The zero-order valence-corrected chi connectivity index (χ0v) is 11.6. The SMILES string of the molecule is Cc1ccc(-c2cc(C)ccc2O/C=C/C(N)=O)cc1. The predicted octanol–water partition coefficient (Wildman–Crippen LogP) is 3.35. The van der Waals surface area contributed by atoms with Crippen LogP contribution < -0.4 is 10.5 Å². The second kappa shape index (κ2) is 6.06. The van der Waals surface area contributed by atoms with Gasteiger partial charge in [0.25, 0.3) is 0 Å². The zero-order chi connectivity index (χ0) is 14.5. The van der Waals surface area contributed by atoms with E-state index in [4.69, 9.17) is 10.5 Å². The highest BCUT2D eigenvalue weighted by molar-refractivity contribution is 5.85. The molecule has 2 rings (SSSR count). The van der Waals surface area contributed by atoms with Gasteiger partial charge in [-0.1, -0.05) is 41.5 Å². The van der Waals surface area contributed by atoms with Crippen LogP contribution in [0, 0.1) is 13.8 Å². The third-order valence-electron chi connectivity index (χ3n) is 2.92. The number of hydrogen-bond donors (Lipinski definition) is 1. The summed E-state index contributed by atoms with van der Waals surface area (Å²) in [5.74, 6) is 0.158. The lowest BCUT2D eigenvalue weighted by atomic mass is 10.0. The smallest absolute Gasteiger partial charge is 0.244 e. The molecule has 0 radical (unpaired) electrons. The molecule has 0 aliphatic carbocycles. The van der Waals surface area contributed by atoms with Gasteiger partial charge in [-0.15, -0.1) is 0 Å². The van der Waals surface area contributed by atoms with Crippen LogP contribution in [-0.4, -0.2) is 5.91 Å². The highest BCUT2D eigenvalue weighted by Crippen LogP contribution is 2.31. The molecule has 0 saturated heterocycles. The third kappa shape index (κ3) is 3.48. The van der Waals surface area contributed by atoms with E-state index in [1.807, 2.05) is 26.0 Å².